The van der Waals surface area contributed by atoms with Gasteiger partial charge in [0.1, 0.15) is 0 Å². The Morgan fingerprint density at radius 1 is 1.35 bits per heavy atom. The van der Waals surface area contributed by atoms with Gasteiger partial charge in [-0.25, -0.2) is 4.39 Å². The van der Waals surface area contributed by atoms with E-state index in [-0.39, 0.29) is 5.82 Å². The van der Waals surface area contributed by atoms with Crippen molar-refractivity contribution in [3.8, 4) is 5.75 Å². The molecule has 96 valence electrons. The van der Waals surface area contributed by atoms with E-state index >= 15 is 0 Å². The Morgan fingerprint density at radius 2 is 2.12 bits per heavy atom. The zero-order chi connectivity index (χ0) is 12.7. The highest BCUT2D eigenvalue weighted by Crippen LogP contribution is 2.21. The summed E-state index contributed by atoms with van der Waals surface area (Å²) in [6.07, 6.45) is 2.80. The molecule has 1 aromatic rings. The third kappa shape index (κ3) is 4.00. The molecular formula is C14H22FNO. The SMILES string of the molecule is CCCNC(CC)Cc1cccc(OC)c1F. The molecule has 0 heterocycles. The van der Waals surface area contributed by atoms with Gasteiger partial charge in [-0.1, -0.05) is 26.0 Å². The van der Waals surface area contributed by atoms with Crippen molar-refractivity contribution < 1.29 is 9.13 Å². The molecule has 1 unspecified atom stereocenters. The first kappa shape index (κ1) is 14.0. The van der Waals surface area contributed by atoms with Crippen molar-refractivity contribution in [3.05, 3.63) is 29.6 Å². The maximum Gasteiger partial charge on any atom is 0.168 e. The highest BCUT2D eigenvalue weighted by atomic mass is 19.1. The van der Waals surface area contributed by atoms with Crippen molar-refractivity contribution in [3.63, 3.8) is 0 Å². The Labute approximate surface area is 103 Å². The minimum Gasteiger partial charge on any atom is -0.494 e. The summed E-state index contributed by atoms with van der Waals surface area (Å²) < 4.78 is 18.9. The Balaban J connectivity index is 2.72. The van der Waals surface area contributed by atoms with Crippen LogP contribution in [0, 0.1) is 5.82 Å². The van der Waals surface area contributed by atoms with Gasteiger partial charge in [0.15, 0.2) is 11.6 Å². The van der Waals surface area contributed by atoms with Gasteiger partial charge in [-0.2, -0.15) is 0 Å². The van der Waals surface area contributed by atoms with E-state index in [1.807, 2.05) is 12.1 Å². The van der Waals surface area contributed by atoms with E-state index in [1.54, 1.807) is 6.07 Å². The normalized spacial score (nSPS) is 12.5. The molecule has 1 rings (SSSR count). The van der Waals surface area contributed by atoms with Crippen LogP contribution in [0.25, 0.3) is 0 Å². The summed E-state index contributed by atoms with van der Waals surface area (Å²) in [7, 11) is 1.49. The number of methoxy groups -OCH3 is 1. The van der Waals surface area contributed by atoms with Crippen LogP contribution in [0.2, 0.25) is 0 Å². The number of benzene rings is 1. The number of hydrogen-bond acceptors (Lipinski definition) is 2. The molecule has 0 aliphatic carbocycles. The lowest BCUT2D eigenvalue weighted by molar-refractivity contribution is 0.382. The van der Waals surface area contributed by atoms with Crippen LogP contribution >= 0.6 is 0 Å². The lowest BCUT2D eigenvalue weighted by Gasteiger charge is -2.17. The molecule has 3 heteroatoms. The van der Waals surface area contributed by atoms with Crippen molar-refractivity contribution >= 4 is 0 Å². The summed E-state index contributed by atoms with van der Waals surface area (Å²) >= 11 is 0. The first-order chi connectivity index (χ1) is 8.22. The van der Waals surface area contributed by atoms with Crippen LogP contribution in [0.5, 0.6) is 5.75 Å². The minimum atomic E-state index is -0.230. The van der Waals surface area contributed by atoms with Crippen LogP contribution in [-0.4, -0.2) is 19.7 Å². The Morgan fingerprint density at radius 3 is 2.71 bits per heavy atom. The molecule has 2 nitrogen and oxygen atoms in total. The number of hydrogen-bond donors (Lipinski definition) is 1. The Bertz CT molecular complexity index is 341. The summed E-state index contributed by atoms with van der Waals surface area (Å²) in [4.78, 5) is 0. The third-order valence-corrected chi connectivity index (χ3v) is 2.91. The van der Waals surface area contributed by atoms with E-state index in [0.717, 1.165) is 24.9 Å². The lowest BCUT2D eigenvalue weighted by atomic mass is 10.0. The maximum atomic E-state index is 13.9. The fourth-order valence-corrected chi connectivity index (χ4v) is 1.85. The van der Waals surface area contributed by atoms with E-state index in [4.69, 9.17) is 4.74 Å². The molecule has 0 spiro atoms. The zero-order valence-electron chi connectivity index (χ0n) is 10.9. The number of ether oxygens (including phenoxy) is 1. The van der Waals surface area contributed by atoms with Crippen molar-refractivity contribution in [2.45, 2.75) is 39.2 Å². The van der Waals surface area contributed by atoms with Gasteiger partial charge in [0.05, 0.1) is 7.11 Å². The number of nitrogens with one attached hydrogen (secondary N) is 1. The van der Waals surface area contributed by atoms with Gasteiger partial charge in [0, 0.05) is 6.04 Å². The quantitative estimate of drug-likeness (QED) is 0.789. The molecule has 17 heavy (non-hydrogen) atoms. The van der Waals surface area contributed by atoms with E-state index < -0.39 is 0 Å². The van der Waals surface area contributed by atoms with Crippen molar-refractivity contribution in [1.82, 2.24) is 5.32 Å². The topological polar surface area (TPSA) is 21.3 Å². The maximum absolute atomic E-state index is 13.9. The first-order valence-electron chi connectivity index (χ1n) is 6.27. The second kappa shape index (κ2) is 7.28. The van der Waals surface area contributed by atoms with Crippen molar-refractivity contribution in [2.75, 3.05) is 13.7 Å². The number of rotatable bonds is 7. The van der Waals surface area contributed by atoms with Gasteiger partial charge < -0.3 is 10.1 Å². The van der Waals surface area contributed by atoms with Crippen LogP contribution in [0.1, 0.15) is 32.3 Å². The molecule has 1 aromatic carbocycles. The van der Waals surface area contributed by atoms with E-state index in [2.05, 4.69) is 19.2 Å². The summed E-state index contributed by atoms with van der Waals surface area (Å²) in [5.41, 5.74) is 0.722. The van der Waals surface area contributed by atoms with Crippen LogP contribution in [0.4, 0.5) is 4.39 Å². The van der Waals surface area contributed by atoms with Crippen LogP contribution in [-0.2, 0) is 6.42 Å². The Hall–Kier alpha value is -1.09. The predicted molar refractivity (Wildman–Crippen MR) is 69.0 cm³/mol. The first-order valence-corrected chi connectivity index (χ1v) is 6.27. The third-order valence-electron chi connectivity index (χ3n) is 2.91. The predicted octanol–water partition coefficient (Wildman–Crippen LogP) is 3.16. The summed E-state index contributed by atoms with van der Waals surface area (Å²) in [5.74, 6) is 0.0968. The molecule has 0 radical (unpaired) electrons. The summed E-state index contributed by atoms with van der Waals surface area (Å²) in [6.45, 7) is 5.22. The van der Waals surface area contributed by atoms with Crippen molar-refractivity contribution in [2.24, 2.45) is 0 Å². The summed E-state index contributed by atoms with van der Waals surface area (Å²) in [6, 6.07) is 5.65. The van der Waals surface area contributed by atoms with Crippen LogP contribution < -0.4 is 10.1 Å². The van der Waals surface area contributed by atoms with Gasteiger partial charge >= 0.3 is 0 Å². The van der Waals surface area contributed by atoms with Crippen molar-refractivity contribution in [1.29, 1.82) is 0 Å². The fourth-order valence-electron chi connectivity index (χ4n) is 1.85. The largest absolute Gasteiger partial charge is 0.494 e. The van der Waals surface area contributed by atoms with Gasteiger partial charge in [0.25, 0.3) is 0 Å². The average Bonchev–Trinajstić information content (AvgIpc) is 2.36. The minimum absolute atomic E-state index is 0.230. The Kier molecular flexibility index (Phi) is 5.98. The second-order valence-corrected chi connectivity index (χ2v) is 4.20. The standard InChI is InChI=1S/C14H22FNO/c1-4-9-16-12(5-2)10-11-7-6-8-13(17-3)14(11)15/h6-8,12,16H,4-5,9-10H2,1-3H3. The van der Waals surface area contributed by atoms with Gasteiger partial charge in [0.2, 0.25) is 0 Å². The molecule has 0 aromatic heterocycles. The van der Waals surface area contributed by atoms with Gasteiger partial charge in [-0.3, -0.25) is 0 Å². The average molecular weight is 239 g/mol. The molecule has 0 saturated heterocycles. The molecule has 0 amide bonds. The summed E-state index contributed by atoms with van der Waals surface area (Å²) in [5, 5.41) is 3.42. The lowest BCUT2D eigenvalue weighted by Crippen LogP contribution is -2.31. The smallest absolute Gasteiger partial charge is 0.168 e. The molecule has 0 saturated carbocycles. The van der Waals surface area contributed by atoms with Crippen LogP contribution in [0.15, 0.2) is 18.2 Å². The zero-order valence-corrected chi connectivity index (χ0v) is 10.9. The van der Waals surface area contributed by atoms with Crippen LogP contribution in [0.3, 0.4) is 0 Å². The number of halogens is 1. The molecule has 1 N–H and O–H groups in total. The van der Waals surface area contributed by atoms with E-state index in [1.165, 1.54) is 7.11 Å². The molecular weight excluding hydrogens is 217 g/mol. The highest BCUT2D eigenvalue weighted by Gasteiger charge is 2.12. The van der Waals surface area contributed by atoms with Gasteiger partial charge in [-0.15, -0.1) is 0 Å². The fraction of sp³-hybridized carbons (Fsp3) is 0.571. The highest BCUT2D eigenvalue weighted by molar-refractivity contribution is 5.31. The van der Waals surface area contributed by atoms with Gasteiger partial charge in [-0.05, 0) is 37.4 Å². The van der Waals surface area contributed by atoms with E-state index in [0.29, 0.717) is 18.2 Å². The van der Waals surface area contributed by atoms with E-state index in [9.17, 15) is 4.39 Å². The monoisotopic (exact) mass is 239 g/mol. The molecule has 0 bridgehead atoms. The molecule has 1 atom stereocenters. The molecule has 0 fully saturated rings. The molecule has 0 aliphatic rings. The molecule has 0 aliphatic heterocycles. The second-order valence-electron chi connectivity index (χ2n) is 4.20.